The number of thiocarbonyl (C=S) groups is 1. The highest BCUT2D eigenvalue weighted by Crippen LogP contribution is 2.67. The third kappa shape index (κ3) is 5.19. The standard InChI is InChI=1S/C33H37N3O9S/c1-18(37)41-16-32(4)23-14-25(44-30(46)36-12-11-35-17-36)33(5)28(31(23,3)9-8-24(32)42-19(2)38)27(39)26-22(45-33)13-21(43-29(26)40)20-7-6-10-34-15-20/h6-7,10-13,15,17,23-25,27-28,39H,8-9,14,16H2,1-5H3/t23?,24-,25-,27?,28?,31-,32-,33+/m0/s1. The second kappa shape index (κ2) is 11.6. The molecule has 46 heavy (non-hydrogen) atoms. The third-order valence-electron chi connectivity index (χ3n) is 10.4. The van der Waals surface area contributed by atoms with Crippen LogP contribution in [-0.4, -0.2) is 61.2 Å². The van der Waals surface area contributed by atoms with E-state index in [1.165, 1.54) is 20.2 Å². The van der Waals surface area contributed by atoms with Crippen molar-refractivity contribution in [3.63, 3.8) is 0 Å². The van der Waals surface area contributed by atoms with E-state index in [1.807, 2.05) is 20.8 Å². The number of esters is 2. The third-order valence-corrected chi connectivity index (χ3v) is 10.7. The van der Waals surface area contributed by atoms with Crippen molar-refractivity contribution in [1.82, 2.24) is 14.5 Å². The van der Waals surface area contributed by atoms with Crippen molar-refractivity contribution in [3.8, 4) is 17.1 Å². The van der Waals surface area contributed by atoms with Gasteiger partial charge in [0.15, 0.2) is 0 Å². The first kappa shape index (κ1) is 31.9. The van der Waals surface area contributed by atoms with Gasteiger partial charge in [-0.25, -0.2) is 9.78 Å². The Bertz CT molecular complexity index is 1710. The summed E-state index contributed by atoms with van der Waals surface area (Å²) in [5, 5.41) is 12.4. The molecule has 3 aromatic rings. The van der Waals surface area contributed by atoms with Gasteiger partial charge in [0.25, 0.3) is 5.17 Å². The first-order valence-electron chi connectivity index (χ1n) is 15.2. The lowest BCUT2D eigenvalue weighted by molar-refractivity contribution is -0.265. The van der Waals surface area contributed by atoms with E-state index in [0.717, 1.165) is 0 Å². The van der Waals surface area contributed by atoms with Crippen LogP contribution in [0.1, 0.15) is 65.5 Å². The number of ether oxygens (including phenoxy) is 4. The summed E-state index contributed by atoms with van der Waals surface area (Å²) in [6.07, 6.45) is 6.55. The SMILES string of the molecule is CC(=O)OC[C@@]1(C)C2C[C@H](OC(=S)n3ccnc3)[C@@]3(C)Oc4cc(-c5cccnc5)oc(=O)c4C(O)C3[C@@]2(C)CC[C@@H]1OC(C)=O. The number of hydrogen-bond donors (Lipinski definition) is 1. The van der Waals surface area contributed by atoms with Crippen LogP contribution in [0, 0.1) is 22.7 Å². The van der Waals surface area contributed by atoms with Crippen molar-refractivity contribution in [2.75, 3.05) is 6.61 Å². The predicted octanol–water partition coefficient (Wildman–Crippen LogP) is 4.24. The van der Waals surface area contributed by atoms with Gasteiger partial charge < -0.3 is 28.5 Å². The lowest BCUT2D eigenvalue weighted by Gasteiger charge is -2.66. The Morgan fingerprint density at radius 2 is 1.91 bits per heavy atom. The summed E-state index contributed by atoms with van der Waals surface area (Å²) in [5.74, 6) is -1.57. The van der Waals surface area contributed by atoms with Gasteiger partial charge in [0.05, 0.1) is 6.10 Å². The highest BCUT2D eigenvalue weighted by atomic mass is 32.1. The number of aliphatic hydroxyl groups is 1. The molecule has 13 heteroatoms. The minimum Gasteiger partial charge on any atom is -0.482 e. The maximum absolute atomic E-state index is 13.6. The molecule has 0 spiro atoms. The molecule has 6 rings (SSSR count). The van der Waals surface area contributed by atoms with Gasteiger partial charge in [-0.05, 0) is 61.9 Å². The van der Waals surface area contributed by atoms with Crippen LogP contribution < -0.4 is 10.4 Å². The Balaban J connectivity index is 1.50. The largest absolute Gasteiger partial charge is 0.482 e. The lowest BCUT2D eigenvalue weighted by Crippen LogP contribution is -2.71. The first-order valence-corrected chi connectivity index (χ1v) is 15.6. The van der Waals surface area contributed by atoms with Crippen molar-refractivity contribution >= 4 is 29.3 Å². The van der Waals surface area contributed by atoms with Crippen LogP contribution in [0.25, 0.3) is 11.3 Å². The molecule has 0 amide bonds. The Kier molecular flexibility index (Phi) is 8.04. The van der Waals surface area contributed by atoms with Crippen LogP contribution in [0.3, 0.4) is 0 Å². The smallest absolute Gasteiger partial charge is 0.345 e. The monoisotopic (exact) mass is 651 g/mol. The number of hydrogen-bond acceptors (Lipinski definition) is 12. The van der Waals surface area contributed by atoms with Crippen LogP contribution >= 0.6 is 12.2 Å². The predicted molar refractivity (Wildman–Crippen MR) is 167 cm³/mol. The zero-order chi connectivity index (χ0) is 33.0. The zero-order valence-corrected chi connectivity index (χ0v) is 27.1. The molecule has 2 saturated carbocycles. The van der Waals surface area contributed by atoms with Crippen LogP contribution in [0.15, 0.2) is 58.5 Å². The normalized spacial score (nSPS) is 33.0. The Labute approximate surface area is 271 Å². The number of pyridine rings is 1. The molecule has 2 fully saturated rings. The highest BCUT2D eigenvalue weighted by molar-refractivity contribution is 7.80. The van der Waals surface area contributed by atoms with Gasteiger partial charge in [-0.2, -0.15) is 0 Å². The van der Waals surface area contributed by atoms with E-state index in [2.05, 4.69) is 9.97 Å². The molecule has 0 saturated heterocycles. The van der Waals surface area contributed by atoms with Crippen molar-refractivity contribution in [2.24, 2.45) is 22.7 Å². The summed E-state index contributed by atoms with van der Waals surface area (Å²) in [7, 11) is 0. The van der Waals surface area contributed by atoms with E-state index < -0.39 is 58.2 Å². The highest BCUT2D eigenvalue weighted by Gasteiger charge is 2.70. The Morgan fingerprint density at radius 1 is 1.13 bits per heavy atom. The topological polar surface area (TPSA) is 152 Å². The molecular formula is C33H37N3O9S. The van der Waals surface area contributed by atoms with Crippen LogP contribution in [0.5, 0.6) is 5.75 Å². The summed E-state index contributed by atoms with van der Waals surface area (Å²) in [6.45, 7) is 8.48. The summed E-state index contributed by atoms with van der Waals surface area (Å²) in [5.41, 5.74) is -2.96. The maximum Gasteiger partial charge on any atom is 0.345 e. The van der Waals surface area contributed by atoms with Crippen LogP contribution in [-0.2, 0) is 23.8 Å². The number of aliphatic hydroxyl groups excluding tert-OH is 1. The van der Waals surface area contributed by atoms with E-state index >= 15 is 0 Å². The van der Waals surface area contributed by atoms with Crippen molar-refractivity contribution in [1.29, 1.82) is 0 Å². The number of nitrogens with zero attached hydrogens (tertiary/aromatic N) is 3. The lowest BCUT2D eigenvalue weighted by atomic mass is 9.42. The van der Waals surface area contributed by atoms with Crippen molar-refractivity contribution in [2.45, 2.75) is 77.8 Å². The summed E-state index contributed by atoms with van der Waals surface area (Å²) in [6, 6.07) is 5.08. The number of aromatic nitrogens is 3. The van der Waals surface area contributed by atoms with Crippen molar-refractivity contribution < 1.29 is 38.1 Å². The molecule has 3 aromatic heterocycles. The Hall–Kier alpha value is -4.10. The van der Waals surface area contributed by atoms with Crippen molar-refractivity contribution in [3.05, 3.63) is 65.3 Å². The van der Waals surface area contributed by atoms with E-state index in [9.17, 15) is 19.5 Å². The van der Waals surface area contributed by atoms with Crippen LogP contribution in [0.4, 0.5) is 0 Å². The van der Waals surface area contributed by atoms with E-state index in [4.69, 9.17) is 35.6 Å². The zero-order valence-electron chi connectivity index (χ0n) is 26.3. The van der Waals surface area contributed by atoms with Gasteiger partial charge in [0.2, 0.25) is 0 Å². The van der Waals surface area contributed by atoms with Gasteiger partial charge in [-0.15, -0.1) is 0 Å². The summed E-state index contributed by atoms with van der Waals surface area (Å²) in [4.78, 5) is 46.2. The van der Waals surface area contributed by atoms with Gasteiger partial charge in [0, 0.05) is 61.6 Å². The first-order chi connectivity index (χ1) is 21.8. The second-order valence-corrected chi connectivity index (χ2v) is 13.5. The fourth-order valence-electron chi connectivity index (χ4n) is 8.39. The van der Waals surface area contributed by atoms with E-state index in [-0.39, 0.29) is 34.8 Å². The molecule has 1 N–H and O–H groups in total. The summed E-state index contributed by atoms with van der Waals surface area (Å²) < 4.78 is 32.1. The number of rotatable bonds is 5. The number of imidazole rings is 1. The van der Waals surface area contributed by atoms with Gasteiger partial charge in [0.1, 0.15) is 47.8 Å². The van der Waals surface area contributed by atoms with Crippen LogP contribution in [0.2, 0.25) is 0 Å². The maximum atomic E-state index is 13.6. The number of fused-ring (bicyclic) bond motifs is 4. The number of carbonyl (C=O) groups excluding carboxylic acids is 2. The van der Waals surface area contributed by atoms with Gasteiger partial charge in [-0.1, -0.05) is 13.8 Å². The average molecular weight is 652 g/mol. The molecule has 0 aromatic carbocycles. The van der Waals surface area contributed by atoms with E-state index in [1.54, 1.807) is 47.6 Å². The minimum atomic E-state index is -1.32. The van der Waals surface area contributed by atoms with E-state index in [0.29, 0.717) is 24.8 Å². The second-order valence-electron chi connectivity index (χ2n) is 13.2. The fourth-order valence-corrected chi connectivity index (χ4v) is 8.61. The average Bonchev–Trinajstić information content (AvgIpc) is 3.54. The molecule has 3 unspecified atom stereocenters. The number of carbonyl (C=O) groups is 2. The molecule has 4 heterocycles. The molecule has 0 radical (unpaired) electrons. The molecule has 8 atom stereocenters. The van der Waals surface area contributed by atoms with Gasteiger partial charge >= 0.3 is 17.6 Å². The Morgan fingerprint density at radius 3 is 2.57 bits per heavy atom. The molecule has 12 nitrogen and oxygen atoms in total. The molecule has 2 aliphatic carbocycles. The van der Waals surface area contributed by atoms with Gasteiger partial charge in [-0.3, -0.25) is 19.1 Å². The molecule has 0 bridgehead atoms. The molecular weight excluding hydrogens is 614 g/mol. The fraction of sp³-hybridized carbons (Fsp3) is 0.515. The molecule has 3 aliphatic rings. The molecule has 1 aliphatic heterocycles. The minimum absolute atomic E-state index is 0.0109. The summed E-state index contributed by atoms with van der Waals surface area (Å²) >= 11 is 5.68. The molecule has 244 valence electrons. The quantitative estimate of drug-likeness (QED) is 0.310.